The summed E-state index contributed by atoms with van der Waals surface area (Å²) in [6, 6.07) is 14.2. The van der Waals surface area contributed by atoms with Crippen molar-refractivity contribution in [2.75, 3.05) is 32.7 Å². The number of piperazine rings is 1. The van der Waals surface area contributed by atoms with Crippen LogP contribution in [0.2, 0.25) is 5.02 Å². The maximum absolute atomic E-state index is 12.1. The van der Waals surface area contributed by atoms with E-state index >= 15 is 0 Å². The molecule has 3 rings (SSSR count). The predicted molar refractivity (Wildman–Crippen MR) is 108 cm³/mol. The lowest BCUT2D eigenvalue weighted by molar-refractivity contribution is -1.02. The van der Waals surface area contributed by atoms with Crippen molar-refractivity contribution < 1.29 is 24.5 Å². The summed E-state index contributed by atoms with van der Waals surface area (Å²) >= 11 is 6.24. The average molecular weight is 416 g/mol. The molecule has 1 amide bonds. The Kier molecular flexibility index (Phi) is 7.35. The van der Waals surface area contributed by atoms with Crippen molar-refractivity contribution in [1.82, 2.24) is 5.43 Å². The van der Waals surface area contributed by atoms with E-state index in [1.807, 2.05) is 18.2 Å². The molecule has 0 unspecified atom stereocenters. The van der Waals surface area contributed by atoms with Crippen LogP contribution in [-0.4, -0.2) is 50.8 Å². The molecule has 1 aliphatic heterocycles. The largest absolute Gasteiger partial charge is 0.545 e. The van der Waals surface area contributed by atoms with E-state index in [2.05, 4.69) is 16.6 Å². The number of rotatable bonds is 7. The molecule has 2 aromatic rings. The fraction of sp³-hybridized carbons (Fsp3) is 0.286. The molecular weight excluding hydrogens is 392 g/mol. The van der Waals surface area contributed by atoms with E-state index in [4.69, 9.17) is 11.6 Å². The summed E-state index contributed by atoms with van der Waals surface area (Å²) in [7, 11) is 0. The zero-order chi connectivity index (χ0) is 20.6. The van der Waals surface area contributed by atoms with Crippen LogP contribution in [0.4, 0.5) is 0 Å². The van der Waals surface area contributed by atoms with E-state index < -0.39 is 5.97 Å². The van der Waals surface area contributed by atoms with Gasteiger partial charge < -0.3 is 19.7 Å². The average Bonchev–Trinajstić information content (AvgIpc) is 2.71. The fourth-order valence-electron chi connectivity index (χ4n) is 3.46. The number of carbonyl (C=O) groups excluding carboxylic acids is 2. The lowest BCUT2D eigenvalue weighted by atomic mass is 10.1. The Hall–Kier alpha value is -2.74. The molecule has 2 aromatic carbocycles. The third-order valence-electron chi connectivity index (χ3n) is 5.05. The number of nitrogens with one attached hydrogen (secondary N) is 3. The van der Waals surface area contributed by atoms with Gasteiger partial charge in [-0.3, -0.25) is 4.79 Å². The Labute approximate surface area is 174 Å². The van der Waals surface area contributed by atoms with Crippen molar-refractivity contribution in [3.05, 3.63) is 70.2 Å². The number of amides is 1. The first-order valence-electron chi connectivity index (χ1n) is 9.55. The first-order chi connectivity index (χ1) is 14.0. The molecule has 29 heavy (non-hydrogen) atoms. The number of hydrazone groups is 1. The number of carboxylic acid groups (broad SMARTS) is 1. The molecule has 152 valence electrons. The number of carbonyl (C=O) groups is 2. The minimum Gasteiger partial charge on any atom is -0.545 e. The molecule has 0 aromatic heterocycles. The van der Waals surface area contributed by atoms with Gasteiger partial charge in [0.05, 0.1) is 12.2 Å². The third-order valence-corrected chi connectivity index (χ3v) is 5.42. The van der Waals surface area contributed by atoms with Gasteiger partial charge in [-0.15, -0.1) is 0 Å². The van der Waals surface area contributed by atoms with E-state index in [9.17, 15) is 14.7 Å². The Morgan fingerprint density at radius 3 is 2.41 bits per heavy atom. The van der Waals surface area contributed by atoms with Crippen LogP contribution >= 0.6 is 11.6 Å². The zero-order valence-corrected chi connectivity index (χ0v) is 16.7. The van der Waals surface area contributed by atoms with Gasteiger partial charge in [0.1, 0.15) is 32.7 Å². The van der Waals surface area contributed by atoms with Gasteiger partial charge in [0, 0.05) is 21.7 Å². The molecule has 7 nitrogen and oxygen atoms in total. The number of halogens is 1. The molecule has 1 aliphatic rings. The van der Waals surface area contributed by atoms with Gasteiger partial charge in [-0.1, -0.05) is 54.1 Å². The molecule has 0 bridgehead atoms. The van der Waals surface area contributed by atoms with Crippen LogP contribution in [0, 0.1) is 0 Å². The Morgan fingerprint density at radius 1 is 1.03 bits per heavy atom. The highest BCUT2D eigenvalue weighted by Crippen LogP contribution is 2.13. The highest BCUT2D eigenvalue weighted by molar-refractivity contribution is 6.31. The Balaban J connectivity index is 1.43. The summed E-state index contributed by atoms with van der Waals surface area (Å²) in [5.41, 5.74) is 4.05. The van der Waals surface area contributed by atoms with Gasteiger partial charge in [0.25, 0.3) is 5.91 Å². The minimum absolute atomic E-state index is 0.0359. The van der Waals surface area contributed by atoms with Crippen molar-refractivity contribution in [3.8, 4) is 0 Å². The van der Waals surface area contributed by atoms with Crippen molar-refractivity contribution in [3.63, 3.8) is 0 Å². The number of aromatic carboxylic acids is 1. The summed E-state index contributed by atoms with van der Waals surface area (Å²) in [6.45, 7) is 4.95. The van der Waals surface area contributed by atoms with Gasteiger partial charge in [-0.25, -0.2) is 5.43 Å². The van der Waals surface area contributed by atoms with Gasteiger partial charge in [0.2, 0.25) is 0 Å². The minimum atomic E-state index is -1.28. The van der Waals surface area contributed by atoms with Crippen LogP contribution in [0.25, 0.3) is 0 Å². The molecule has 0 aliphatic carbocycles. The van der Waals surface area contributed by atoms with Crippen LogP contribution < -0.4 is 20.3 Å². The maximum Gasteiger partial charge on any atom is 0.295 e. The zero-order valence-electron chi connectivity index (χ0n) is 16.0. The van der Waals surface area contributed by atoms with Crippen molar-refractivity contribution in [1.29, 1.82) is 0 Å². The normalized spacial score (nSPS) is 19.2. The number of carboxylic acids is 1. The number of benzene rings is 2. The second kappa shape index (κ2) is 10.2. The SMILES string of the molecule is O=C(C[NH+]1CC[NH+](Cc2ccccc2Cl)CC1)N/N=C\c1ccccc1C(=O)[O-]. The predicted octanol–water partition coefficient (Wildman–Crippen LogP) is -1.86. The second-order valence-electron chi connectivity index (χ2n) is 7.11. The molecule has 3 N–H and O–H groups in total. The molecule has 1 heterocycles. The van der Waals surface area contributed by atoms with E-state index in [1.165, 1.54) is 22.1 Å². The summed E-state index contributed by atoms with van der Waals surface area (Å²) < 4.78 is 0. The number of nitrogens with zero attached hydrogens (tertiary/aromatic N) is 1. The summed E-state index contributed by atoms with van der Waals surface area (Å²) in [4.78, 5) is 25.9. The molecule has 8 heteroatoms. The fourth-order valence-corrected chi connectivity index (χ4v) is 3.66. The van der Waals surface area contributed by atoms with Gasteiger partial charge >= 0.3 is 0 Å². The highest BCUT2D eigenvalue weighted by atomic mass is 35.5. The van der Waals surface area contributed by atoms with E-state index in [0.717, 1.165) is 43.3 Å². The second-order valence-corrected chi connectivity index (χ2v) is 7.52. The lowest BCUT2D eigenvalue weighted by Gasteiger charge is -2.29. The van der Waals surface area contributed by atoms with Crippen molar-refractivity contribution in [2.24, 2.45) is 5.10 Å². The monoisotopic (exact) mass is 415 g/mol. The van der Waals surface area contributed by atoms with Gasteiger partial charge in [-0.2, -0.15) is 5.10 Å². The first-order valence-corrected chi connectivity index (χ1v) is 9.93. The number of quaternary nitrogens is 2. The summed E-state index contributed by atoms with van der Waals surface area (Å²) in [5, 5.41) is 15.7. The topological polar surface area (TPSA) is 90.5 Å². The molecule has 1 fully saturated rings. The van der Waals surface area contributed by atoms with E-state index in [0.29, 0.717) is 12.1 Å². The number of hydrogen-bond acceptors (Lipinski definition) is 4. The van der Waals surface area contributed by atoms with Crippen LogP contribution in [0.1, 0.15) is 21.5 Å². The molecule has 0 atom stereocenters. The Bertz CT molecular complexity index is 895. The molecular formula is C21H24ClN4O3+. The molecule has 0 spiro atoms. The summed E-state index contributed by atoms with van der Waals surface area (Å²) in [6.07, 6.45) is 1.32. The van der Waals surface area contributed by atoms with Gasteiger partial charge in [-0.05, 0) is 6.07 Å². The van der Waals surface area contributed by atoms with Gasteiger partial charge in [0.15, 0.2) is 6.54 Å². The number of hydrogen-bond donors (Lipinski definition) is 3. The van der Waals surface area contributed by atoms with Crippen molar-refractivity contribution in [2.45, 2.75) is 6.54 Å². The standard InChI is InChI=1S/C21H23ClN4O3/c22-19-8-4-2-6-17(19)14-25-9-11-26(12-10-25)15-20(27)24-23-13-16-5-1-3-7-18(16)21(28)29/h1-8,13H,9-12,14-15H2,(H,24,27)(H,28,29)/p+1/b23-13-. The quantitative estimate of drug-likeness (QED) is 0.366. The van der Waals surface area contributed by atoms with Crippen LogP contribution in [-0.2, 0) is 11.3 Å². The Morgan fingerprint density at radius 2 is 1.69 bits per heavy atom. The van der Waals surface area contributed by atoms with Crippen molar-refractivity contribution >= 4 is 29.7 Å². The van der Waals surface area contributed by atoms with E-state index in [-0.39, 0.29) is 11.5 Å². The van der Waals surface area contributed by atoms with Crippen LogP contribution in [0.15, 0.2) is 53.6 Å². The van der Waals surface area contributed by atoms with Crippen LogP contribution in [0.3, 0.4) is 0 Å². The molecule has 1 saturated heterocycles. The molecule has 0 radical (unpaired) electrons. The summed E-state index contributed by atoms with van der Waals surface area (Å²) in [5.74, 6) is -1.48. The molecule has 0 saturated carbocycles. The highest BCUT2D eigenvalue weighted by Gasteiger charge is 2.25. The first kappa shape index (κ1) is 21.0. The van der Waals surface area contributed by atoms with E-state index in [1.54, 1.807) is 18.2 Å². The smallest absolute Gasteiger partial charge is 0.295 e. The van der Waals surface area contributed by atoms with Crippen LogP contribution in [0.5, 0.6) is 0 Å². The maximum atomic E-state index is 12.1. The third kappa shape index (κ3) is 6.12. The lowest BCUT2D eigenvalue weighted by Crippen LogP contribution is -3.28.